The van der Waals surface area contributed by atoms with Crippen molar-refractivity contribution in [2.45, 2.75) is 31.7 Å². The van der Waals surface area contributed by atoms with Gasteiger partial charge in [0.05, 0.1) is 9.92 Å². The molecule has 0 aliphatic heterocycles. The molecule has 0 atom stereocenters. The van der Waals surface area contributed by atoms with Crippen LogP contribution in [0.2, 0.25) is 5.02 Å². The van der Waals surface area contributed by atoms with Gasteiger partial charge >= 0.3 is 0 Å². The molecule has 0 saturated heterocycles. The lowest BCUT2D eigenvalue weighted by molar-refractivity contribution is -0.118. The molecule has 0 aliphatic rings. The number of amides is 1. The number of sulfonamides is 1. The topological polar surface area (TPSA) is 84.5 Å². The Labute approximate surface area is 162 Å². The Hall–Kier alpha value is -2.16. The largest absolute Gasteiger partial charge is 0.483 e. The third-order valence-corrected chi connectivity index (χ3v) is 5.36. The third kappa shape index (κ3) is 5.92. The summed E-state index contributed by atoms with van der Waals surface area (Å²) in [6.07, 6.45) is 0. The van der Waals surface area contributed by atoms with Crippen molar-refractivity contribution in [1.29, 1.82) is 0 Å². The van der Waals surface area contributed by atoms with Crippen molar-refractivity contribution in [3.05, 3.63) is 52.8 Å². The van der Waals surface area contributed by atoms with E-state index in [1.165, 1.54) is 30.3 Å². The Morgan fingerprint density at radius 3 is 2.52 bits per heavy atom. The first-order valence-corrected chi connectivity index (χ1v) is 9.95. The molecule has 2 aromatic rings. The van der Waals surface area contributed by atoms with Crippen LogP contribution in [0.1, 0.15) is 19.4 Å². The summed E-state index contributed by atoms with van der Waals surface area (Å²) in [5, 5.41) is 2.44. The van der Waals surface area contributed by atoms with Crippen LogP contribution in [0.4, 0.5) is 10.1 Å². The number of nitrogens with one attached hydrogen (secondary N) is 2. The minimum absolute atomic E-state index is 0.101. The molecule has 9 heteroatoms. The number of hydrogen-bond donors (Lipinski definition) is 2. The molecule has 0 saturated carbocycles. The SMILES string of the molecule is Cc1cc(S(=O)(=O)NC(C)C)ccc1OCC(=O)Nc1ccc(F)c(Cl)c1. The molecule has 0 heterocycles. The van der Waals surface area contributed by atoms with E-state index in [0.717, 1.165) is 6.07 Å². The standard InChI is InChI=1S/C18H20ClFN2O4S/c1-11(2)22-27(24,25)14-5-7-17(12(3)8-14)26-10-18(23)21-13-4-6-16(20)15(19)9-13/h4-9,11,22H,10H2,1-3H3,(H,21,23). The second-order valence-electron chi connectivity index (χ2n) is 6.17. The molecule has 27 heavy (non-hydrogen) atoms. The van der Waals surface area contributed by atoms with Gasteiger partial charge in [-0.1, -0.05) is 11.6 Å². The third-order valence-electron chi connectivity index (χ3n) is 3.41. The molecule has 1 amide bonds. The molecule has 0 spiro atoms. The van der Waals surface area contributed by atoms with Crippen LogP contribution in [0.15, 0.2) is 41.3 Å². The first-order valence-electron chi connectivity index (χ1n) is 8.09. The van der Waals surface area contributed by atoms with Gasteiger partial charge in [0.1, 0.15) is 11.6 Å². The van der Waals surface area contributed by atoms with Crippen LogP contribution in [-0.4, -0.2) is 27.0 Å². The fraction of sp³-hybridized carbons (Fsp3) is 0.278. The smallest absolute Gasteiger partial charge is 0.262 e. The maximum absolute atomic E-state index is 13.1. The monoisotopic (exact) mass is 414 g/mol. The van der Waals surface area contributed by atoms with Gasteiger partial charge in [-0.2, -0.15) is 0 Å². The lowest BCUT2D eigenvalue weighted by Gasteiger charge is -2.13. The minimum atomic E-state index is -3.61. The summed E-state index contributed by atoms with van der Waals surface area (Å²) in [5.41, 5.74) is 0.909. The number of hydrogen-bond acceptors (Lipinski definition) is 4. The first-order chi connectivity index (χ1) is 12.6. The Bertz CT molecular complexity index is 948. The molecule has 2 N–H and O–H groups in total. The van der Waals surface area contributed by atoms with Crippen molar-refractivity contribution in [2.24, 2.45) is 0 Å². The van der Waals surface area contributed by atoms with Crippen molar-refractivity contribution in [3.8, 4) is 5.75 Å². The van der Waals surface area contributed by atoms with Crippen molar-refractivity contribution in [2.75, 3.05) is 11.9 Å². The molecule has 0 radical (unpaired) electrons. The zero-order valence-electron chi connectivity index (χ0n) is 15.0. The van der Waals surface area contributed by atoms with Gasteiger partial charge in [0.25, 0.3) is 5.91 Å². The average molecular weight is 415 g/mol. The van der Waals surface area contributed by atoms with Crippen molar-refractivity contribution < 1.29 is 22.3 Å². The van der Waals surface area contributed by atoms with Crippen molar-refractivity contribution in [1.82, 2.24) is 4.72 Å². The van der Waals surface area contributed by atoms with E-state index < -0.39 is 21.7 Å². The van der Waals surface area contributed by atoms with E-state index in [1.54, 1.807) is 20.8 Å². The number of anilines is 1. The highest BCUT2D eigenvalue weighted by Gasteiger charge is 2.17. The van der Waals surface area contributed by atoms with Gasteiger partial charge in [0, 0.05) is 11.7 Å². The molecule has 0 unspecified atom stereocenters. The van der Waals surface area contributed by atoms with Crippen LogP contribution in [0.25, 0.3) is 0 Å². The number of rotatable bonds is 7. The van der Waals surface area contributed by atoms with Gasteiger partial charge < -0.3 is 10.1 Å². The molecule has 0 aliphatic carbocycles. The lowest BCUT2D eigenvalue weighted by Crippen LogP contribution is -2.30. The highest BCUT2D eigenvalue weighted by Crippen LogP contribution is 2.22. The Morgan fingerprint density at radius 2 is 1.93 bits per heavy atom. The second-order valence-corrected chi connectivity index (χ2v) is 8.29. The van der Waals surface area contributed by atoms with E-state index in [1.807, 2.05) is 0 Å². The second kappa shape index (κ2) is 8.69. The van der Waals surface area contributed by atoms with E-state index in [9.17, 15) is 17.6 Å². The highest BCUT2D eigenvalue weighted by atomic mass is 35.5. The summed E-state index contributed by atoms with van der Waals surface area (Å²) in [6.45, 7) is 4.84. The normalized spacial score (nSPS) is 11.5. The Kier molecular flexibility index (Phi) is 6.80. The van der Waals surface area contributed by atoms with Gasteiger partial charge in [-0.3, -0.25) is 4.79 Å². The van der Waals surface area contributed by atoms with Gasteiger partial charge in [-0.25, -0.2) is 17.5 Å². The fourth-order valence-corrected chi connectivity index (χ4v) is 3.76. The van der Waals surface area contributed by atoms with Gasteiger partial charge in [0.15, 0.2) is 6.61 Å². The lowest BCUT2D eigenvalue weighted by atomic mass is 10.2. The summed E-state index contributed by atoms with van der Waals surface area (Å²) in [7, 11) is -3.61. The number of ether oxygens (including phenoxy) is 1. The summed E-state index contributed by atoms with van der Waals surface area (Å²) >= 11 is 5.66. The van der Waals surface area contributed by atoms with Gasteiger partial charge in [-0.05, 0) is 62.7 Å². The zero-order valence-corrected chi connectivity index (χ0v) is 16.6. The summed E-state index contributed by atoms with van der Waals surface area (Å²) in [6, 6.07) is 7.96. The van der Waals surface area contributed by atoms with Gasteiger partial charge in [-0.15, -0.1) is 0 Å². The predicted molar refractivity (Wildman–Crippen MR) is 102 cm³/mol. The number of aryl methyl sites for hydroxylation is 1. The molecule has 2 aromatic carbocycles. The molecule has 6 nitrogen and oxygen atoms in total. The quantitative estimate of drug-likeness (QED) is 0.726. The summed E-state index contributed by atoms with van der Waals surface area (Å²) in [5.74, 6) is -0.662. The van der Waals surface area contributed by atoms with Crippen LogP contribution in [0, 0.1) is 12.7 Å². The predicted octanol–water partition coefficient (Wildman–Crippen LogP) is 3.49. The summed E-state index contributed by atoms with van der Waals surface area (Å²) in [4.78, 5) is 12.1. The summed E-state index contributed by atoms with van der Waals surface area (Å²) < 4.78 is 45.4. The van der Waals surface area contributed by atoms with E-state index in [2.05, 4.69) is 10.0 Å². The van der Waals surface area contributed by atoms with Crippen LogP contribution in [0.5, 0.6) is 5.75 Å². The zero-order chi connectivity index (χ0) is 20.2. The van der Waals surface area contributed by atoms with Crippen LogP contribution < -0.4 is 14.8 Å². The number of halogens is 2. The Balaban J connectivity index is 2.01. The van der Waals surface area contributed by atoms with Crippen LogP contribution in [0.3, 0.4) is 0 Å². The molecule has 0 bridgehead atoms. The molecular formula is C18H20ClFN2O4S. The number of benzene rings is 2. The van der Waals surface area contributed by atoms with Crippen LogP contribution >= 0.6 is 11.6 Å². The van der Waals surface area contributed by atoms with Crippen molar-refractivity contribution in [3.63, 3.8) is 0 Å². The van der Waals surface area contributed by atoms with Crippen LogP contribution in [-0.2, 0) is 14.8 Å². The number of carbonyl (C=O) groups excluding carboxylic acids is 1. The molecule has 146 valence electrons. The molecular weight excluding hydrogens is 395 g/mol. The van der Waals surface area contributed by atoms with E-state index in [4.69, 9.17) is 16.3 Å². The highest BCUT2D eigenvalue weighted by molar-refractivity contribution is 7.89. The van der Waals surface area contributed by atoms with E-state index in [0.29, 0.717) is 17.0 Å². The van der Waals surface area contributed by atoms with E-state index >= 15 is 0 Å². The Morgan fingerprint density at radius 1 is 1.22 bits per heavy atom. The average Bonchev–Trinajstić information content (AvgIpc) is 2.56. The fourth-order valence-electron chi connectivity index (χ4n) is 2.24. The maximum Gasteiger partial charge on any atom is 0.262 e. The van der Waals surface area contributed by atoms with Gasteiger partial charge in [0.2, 0.25) is 10.0 Å². The molecule has 0 aromatic heterocycles. The minimum Gasteiger partial charge on any atom is -0.483 e. The maximum atomic E-state index is 13.1. The van der Waals surface area contributed by atoms with Crippen molar-refractivity contribution >= 4 is 33.2 Å². The number of carbonyl (C=O) groups is 1. The first kappa shape index (κ1) is 21.1. The molecule has 0 fully saturated rings. The van der Waals surface area contributed by atoms with E-state index in [-0.39, 0.29) is 22.6 Å². The molecule has 2 rings (SSSR count).